The summed E-state index contributed by atoms with van der Waals surface area (Å²) in [4.78, 5) is 17.2. The van der Waals surface area contributed by atoms with Crippen LogP contribution in [0.2, 0.25) is 0 Å². The molecule has 2 aromatic carbocycles. The van der Waals surface area contributed by atoms with Crippen LogP contribution in [0.5, 0.6) is 5.75 Å². The van der Waals surface area contributed by atoms with Gasteiger partial charge in [-0.15, -0.1) is 5.10 Å². The summed E-state index contributed by atoms with van der Waals surface area (Å²) in [5.74, 6) is 1.21. The molecule has 1 amide bonds. The maximum Gasteiger partial charge on any atom is 0.258 e. The summed E-state index contributed by atoms with van der Waals surface area (Å²) >= 11 is 0. The van der Waals surface area contributed by atoms with Gasteiger partial charge in [0.1, 0.15) is 5.75 Å². The zero-order valence-corrected chi connectivity index (χ0v) is 19.6. The number of aromatic nitrogens is 3. The second kappa shape index (κ2) is 9.32. The molecule has 2 N–H and O–H groups in total. The van der Waals surface area contributed by atoms with E-state index in [1.165, 1.54) is 16.4 Å². The van der Waals surface area contributed by atoms with Gasteiger partial charge in [0.05, 0.1) is 17.6 Å². The molecule has 0 radical (unpaired) electrons. The Bertz CT molecular complexity index is 1250. The quantitative estimate of drug-likeness (QED) is 0.571. The highest BCUT2D eigenvalue weighted by Crippen LogP contribution is 2.28. The highest BCUT2D eigenvalue weighted by atomic mass is 32.2. The van der Waals surface area contributed by atoms with Gasteiger partial charge in [-0.2, -0.15) is 9.29 Å². The van der Waals surface area contributed by atoms with Crippen LogP contribution in [0, 0.1) is 11.8 Å². The number of piperidine rings is 1. The van der Waals surface area contributed by atoms with Gasteiger partial charge < -0.3 is 4.74 Å². The van der Waals surface area contributed by atoms with Gasteiger partial charge in [-0.3, -0.25) is 15.2 Å². The number of methoxy groups -OCH3 is 1. The molecule has 1 aliphatic rings. The molecule has 1 aromatic heterocycles. The summed E-state index contributed by atoms with van der Waals surface area (Å²) in [6.07, 6.45) is 1.00. The Kier molecular flexibility index (Phi) is 6.48. The van der Waals surface area contributed by atoms with E-state index in [0.29, 0.717) is 30.2 Å². The van der Waals surface area contributed by atoms with Crippen LogP contribution in [0.3, 0.4) is 0 Å². The minimum atomic E-state index is -3.69. The molecular weight excluding hydrogens is 442 g/mol. The van der Waals surface area contributed by atoms with Gasteiger partial charge in [0.25, 0.3) is 5.91 Å². The van der Waals surface area contributed by atoms with E-state index in [2.05, 4.69) is 34.3 Å². The van der Waals surface area contributed by atoms with Crippen molar-refractivity contribution in [3.63, 3.8) is 0 Å². The largest absolute Gasteiger partial charge is 0.496 e. The molecule has 9 nitrogen and oxygen atoms in total. The number of ether oxygens (including phenoxy) is 1. The van der Waals surface area contributed by atoms with Crippen molar-refractivity contribution in [1.82, 2.24) is 19.5 Å². The third kappa shape index (κ3) is 4.91. The van der Waals surface area contributed by atoms with E-state index in [9.17, 15) is 13.2 Å². The third-order valence-electron chi connectivity index (χ3n) is 5.64. The first-order valence-electron chi connectivity index (χ1n) is 10.7. The number of nitrogens with zero attached hydrogens (tertiary/aromatic N) is 3. The van der Waals surface area contributed by atoms with E-state index in [-0.39, 0.29) is 28.2 Å². The minimum absolute atomic E-state index is 0.0767. The van der Waals surface area contributed by atoms with Crippen molar-refractivity contribution in [2.75, 3.05) is 25.5 Å². The number of rotatable bonds is 6. The molecule has 1 fully saturated rings. The molecule has 2 heterocycles. The first-order chi connectivity index (χ1) is 15.8. The average molecular weight is 470 g/mol. The van der Waals surface area contributed by atoms with Crippen molar-refractivity contribution in [1.29, 1.82) is 0 Å². The van der Waals surface area contributed by atoms with Crippen molar-refractivity contribution in [2.24, 2.45) is 11.8 Å². The van der Waals surface area contributed by atoms with Crippen LogP contribution >= 0.6 is 0 Å². The van der Waals surface area contributed by atoms with E-state index >= 15 is 0 Å². The summed E-state index contributed by atoms with van der Waals surface area (Å²) in [5.41, 5.74) is 0.906. The average Bonchev–Trinajstić information content (AvgIpc) is 3.26. The third-order valence-corrected chi connectivity index (χ3v) is 7.47. The number of carbonyl (C=O) groups is 1. The van der Waals surface area contributed by atoms with E-state index < -0.39 is 15.9 Å². The molecule has 174 valence electrons. The molecule has 1 aliphatic heterocycles. The maximum atomic E-state index is 13.2. The van der Waals surface area contributed by atoms with E-state index in [1.807, 2.05) is 18.2 Å². The molecule has 0 aliphatic carbocycles. The molecule has 0 saturated carbocycles. The van der Waals surface area contributed by atoms with Gasteiger partial charge in [-0.25, -0.2) is 8.42 Å². The monoisotopic (exact) mass is 469 g/mol. The van der Waals surface area contributed by atoms with Crippen LogP contribution in [-0.2, 0) is 10.0 Å². The van der Waals surface area contributed by atoms with Crippen LogP contribution in [-0.4, -0.2) is 54.0 Å². The van der Waals surface area contributed by atoms with E-state index in [4.69, 9.17) is 4.74 Å². The first-order valence-corrected chi connectivity index (χ1v) is 12.2. The molecule has 2 atom stereocenters. The lowest BCUT2D eigenvalue weighted by Crippen LogP contribution is -2.42. The zero-order chi connectivity index (χ0) is 23.6. The zero-order valence-electron chi connectivity index (χ0n) is 18.8. The number of carbonyl (C=O) groups excluding carboxylic acids is 1. The Hall–Kier alpha value is -3.24. The molecule has 0 spiro atoms. The van der Waals surface area contributed by atoms with Crippen LogP contribution in [0.15, 0.2) is 53.4 Å². The Labute approximate surface area is 193 Å². The normalized spacial score (nSPS) is 19.2. The lowest BCUT2D eigenvalue weighted by molar-refractivity contribution is 0.102. The summed E-state index contributed by atoms with van der Waals surface area (Å²) in [6.45, 7) is 5.06. The number of benzene rings is 2. The molecular formula is C23H27N5O4S. The number of anilines is 1. The number of hydrogen-bond acceptors (Lipinski definition) is 6. The van der Waals surface area contributed by atoms with E-state index in [0.717, 1.165) is 6.42 Å². The second-order valence-electron chi connectivity index (χ2n) is 8.46. The molecule has 0 bridgehead atoms. The Morgan fingerprint density at radius 2 is 1.85 bits per heavy atom. The van der Waals surface area contributed by atoms with Crippen molar-refractivity contribution in [3.05, 3.63) is 54.1 Å². The predicted molar refractivity (Wildman–Crippen MR) is 124 cm³/mol. The van der Waals surface area contributed by atoms with Crippen molar-refractivity contribution >= 4 is 21.9 Å². The van der Waals surface area contributed by atoms with Crippen molar-refractivity contribution < 1.29 is 17.9 Å². The fourth-order valence-corrected chi connectivity index (χ4v) is 5.93. The van der Waals surface area contributed by atoms with Gasteiger partial charge in [0, 0.05) is 18.7 Å². The molecule has 10 heteroatoms. The Morgan fingerprint density at radius 3 is 2.58 bits per heavy atom. The topological polar surface area (TPSA) is 117 Å². The van der Waals surface area contributed by atoms with Gasteiger partial charge in [0.15, 0.2) is 5.82 Å². The van der Waals surface area contributed by atoms with Crippen molar-refractivity contribution in [3.8, 4) is 17.1 Å². The second-order valence-corrected chi connectivity index (χ2v) is 10.4. The lowest BCUT2D eigenvalue weighted by Gasteiger charge is -2.34. The number of H-pyrrole nitrogens is 1. The number of sulfonamides is 1. The predicted octanol–water partition coefficient (Wildman–Crippen LogP) is 3.40. The highest BCUT2D eigenvalue weighted by molar-refractivity contribution is 7.89. The van der Waals surface area contributed by atoms with Crippen LogP contribution < -0.4 is 10.1 Å². The van der Waals surface area contributed by atoms with Gasteiger partial charge in [-0.1, -0.05) is 32.0 Å². The van der Waals surface area contributed by atoms with Gasteiger partial charge in [-0.05, 0) is 48.6 Å². The number of para-hydroxylation sites is 1. The number of nitrogens with one attached hydrogen (secondary N) is 2. The number of amides is 1. The molecule has 1 saturated heterocycles. The summed E-state index contributed by atoms with van der Waals surface area (Å²) < 4.78 is 33.2. The van der Waals surface area contributed by atoms with Gasteiger partial charge >= 0.3 is 0 Å². The van der Waals surface area contributed by atoms with Crippen molar-refractivity contribution in [2.45, 2.75) is 25.2 Å². The SMILES string of the molecule is COc1ccccc1-c1nc(NC(=O)c2cccc(S(=O)(=O)N3CC(C)CC(C)C3)c2)n[nH]1. The number of aromatic amines is 1. The standard InChI is InChI=1S/C23H27N5O4S/c1-15-11-16(2)14-28(13-15)33(30,31)18-8-6-7-17(12-18)22(29)25-23-24-21(26-27-23)19-9-4-5-10-20(19)32-3/h4-10,12,15-16H,11,13-14H2,1-3H3,(H2,24,25,26,27,29). The number of hydrogen-bond donors (Lipinski definition) is 2. The maximum absolute atomic E-state index is 13.2. The molecule has 33 heavy (non-hydrogen) atoms. The Balaban J connectivity index is 1.52. The molecule has 2 unspecified atom stereocenters. The summed E-state index contributed by atoms with van der Waals surface area (Å²) in [7, 11) is -2.13. The Morgan fingerprint density at radius 1 is 1.12 bits per heavy atom. The smallest absolute Gasteiger partial charge is 0.258 e. The first kappa shape index (κ1) is 22.9. The minimum Gasteiger partial charge on any atom is -0.496 e. The van der Waals surface area contributed by atoms with Crippen LogP contribution in [0.1, 0.15) is 30.6 Å². The summed E-state index contributed by atoms with van der Waals surface area (Å²) in [5, 5.41) is 9.44. The lowest BCUT2D eigenvalue weighted by atomic mass is 9.94. The molecule has 4 rings (SSSR count). The highest BCUT2D eigenvalue weighted by Gasteiger charge is 2.32. The van der Waals surface area contributed by atoms with Crippen LogP contribution in [0.4, 0.5) is 5.95 Å². The van der Waals surface area contributed by atoms with Crippen LogP contribution in [0.25, 0.3) is 11.4 Å². The van der Waals surface area contributed by atoms with E-state index in [1.54, 1.807) is 25.3 Å². The molecule has 3 aromatic rings. The van der Waals surface area contributed by atoms with Gasteiger partial charge in [0.2, 0.25) is 16.0 Å². The summed E-state index contributed by atoms with van der Waals surface area (Å²) in [6, 6.07) is 13.3. The fourth-order valence-electron chi connectivity index (χ4n) is 4.20. The fraction of sp³-hybridized carbons (Fsp3) is 0.348.